The van der Waals surface area contributed by atoms with Crippen LogP contribution in [-0.2, 0) is 11.2 Å². The highest BCUT2D eigenvalue weighted by Crippen LogP contribution is 2.71. The van der Waals surface area contributed by atoms with Gasteiger partial charge in [-0.15, -0.1) is 13.2 Å². The summed E-state index contributed by atoms with van der Waals surface area (Å²) in [6.45, 7) is 3.24. The second kappa shape index (κ2) is 6.77. The molecule has 26 heavy (non-hydrogen) atoms. The second-order valence-electron chi connectivity index (χ2n) is 6.53. The minimum atomic E-state index is -5.00. The molecule has 1 aromatic rings. The Morgan fingerprint density at radius 2 is 1.92 bits per heavy atom. The maximum absolute atomic E-state index is 14.3. The average molecular weight is 436 g/mol. The molecule has 1 aromatic carbocycles. The van der Waals surface area contributed by atoms with E-state index in [1.165, 1.54) is 6.08 Å². The number of carboxylic acid groups (broad SMARTS) is 1. The van der Waals surface area contributed by atoms with Gasteiger partial charge in [-0.25, -0.2) is 4.39 Å². The van der Waals surface area contributed by atoms with Gasteiger partial charge in [-0.05, 0) is 29.5 Å². The smallest absolute Gasteiger partial charge is 0.481 e. The van der Waals surface area contributed by atoms with Crippen LogP contribution in [0.2, 0.25) is 5.02 Å². The number of benzene rings is 1. The molecule has 2 atom stereocenters. The summed E-state index contributed by atoms with van der Waals surface area (Å²) in [5.74, 6) is -3.65. The van der Waals surface area contributed by atoms with Crippen molar-refractivity contribution in [1.29, 1.82) is 0 Å². The Hall–Kier alpha value is -1.18. The van der Waals surface area contributed by atoms with Crippen molar-refractivity contribution < 1.29 is 32.2 Å². The molecule has 2 unspecified atom stereocenters. The Balaban J connectivity index is 2.48. The summed E-state index contributed by atoms with van der Waals surface area (Å²) in [6.07, 6.45) is -4.09. The van der Waals surface area contributed by atoms with Gasteiger partial charge in [-0.2, -0.15) is 0 Å². The van der Waals surface area contributed by atoms with Gasteiger partial charge in [-0.1, -0.05) is 48.7 Å². The van der Waals surface area contributed by atoms with E-state index >= 15 is 0 Å². The quantitative estimate of drug-likeness (QED) is 0.580. The fraction of sp³-hybridized carbons (Fsp3) is 0.438. The maximum Gasteiger partial charge on any atom is 0.573 e. The second-order valence-corrected chi connectivity index (χ2v) is 7.95. The van der Waals surface area contributed by atoms with Gasteiger partial charge in [0.1, 0.15) is 16.1 Å². The van der Waals surface area contributed by atoms with Gasteiger partial charge in [0, 0.05) is 12.0 Å². The Kier molecular flexibility index (Phi) is 5.50. The zero-order chi connectivity index (χ0) is 20.1. The molecule has 0 saturated heterocycles. The van der Waals surface area contributed by atoms with Gasteiger partial charge in [0.05, 0.1) is 10.4 Å². The molecule has 0 spiro atoms. The van der Waals surface area contributed by atoms with Crippen LogP contribution in [0.25, 0.3) is 0 Å². The number of rotatable bonds is 5. The number of carboxylic acids is 1. The molecule has 0 aromatic heterocycles. The van der Waals surface area contributed by atoms with Crippen molar-refractivity contribution in [3.63, 3.8) is 0 Å². The maximum atomic E-state index is 14.3. The van der Waals surface area contributed by atoms with Crippen molar-refractivity contribution in [2.24, 2.45) is 16.7 Å². The van der Waals surface area contributed by atoms with Crippen LogP contribution in [0.15, 0.2) is 22.7 Å². The summed E-state index contributed by atoms with van der Waals surface area (Å²) < 4.78 is 55.2. The van der Waals surface area contributed by atoms with Gasteiger partial charge >= 0.3 is 12.3 Å². The molecule has 0 heterocycles. The molecule has 144 valence electrons. The number of hydrogen-bond donors (Lipinski definition) is 1. The van der Waals surface area contributed by atoms with E-state index in [1.807, 2.05) is 0 Å². The van der Waals surface area contributed by atoms with Gasteiger partial charge in [-0.3, -0.25) is 4.79 Å². The number of halogens is 7. The first-order chi connectivity index (χ1) is 11.7. The van der Waals surface area contributed by atoms with Gasteiger partial charge in [0.2, 0.25) is 0 Å². The van der Waals surface area contributed by atoms with Crippen LogP contribution >= 0.6 is 34.8 Å². The van der Waals surface area contributed by atoms with E-state index in [0.717, 1.165) is 6.07 Å². The van der Waals surface area contributed by atoms with Gasteiger partial charge in [0.25, 0.3) is 0 Å². The molecule has 1 fully saturated rings. The molecule has 0 aliphatic heterocycles. The number of aliphatic carboxylic acids is 1. The topological polar surface area (TPSA) is 46.5 Å². The van der Waals surface area contributed by atoms with E-state index in [0.29, 0.717) is 6.07 Å². The molecule has 0 amide bonds. The summed E-state index contributed by atoms with van der Waals surface area (Å²) in [7, 11) is 0. The molecule has 2 rings (SSSR count). The zero-order valence-electron chi connectivity index (χ0n) is 13.4. The van der Waals surface area contributed by atoms with Crippen molar-refractivity contribution in [2.75, 3.05) is 0 Å². The number of hydrogen-bond acceptors (Lipinski definition) is 2. The van der Waals surface area contributed by atoms with E-state index in [2.05, 4.69) is 4.74 Å². The molecule has 3 nitrogen and oxygen atoms in total. The van der Waals surface area contributed by atoms with Crippen LogP contribution < -0.4 is 4.74 Å². The van der Waals surface area contributed by atoms with Crippen LogP contribution in [-0.4, -0.2) is 17.4 Å². The zero-order valence-corrected chi connectivity index (χ0v) is 15.7. The summed E-state index contributed by atoms with van der Waals surface area (Å²) in [5.41, 5.74) is -2.69. The molecule has 0 bridgehead atoms. The first-order valence-corrected chi connectivity index (χ1v) is 8.35. The van der Waals surface area contributed by atoms with Crippen molar-refractivity contribution in [3.05, 3.63) is 39.1 Å². The van der Waals surface area contributed by atoms with E-state index in [4.69, 9.17) is 34.8 Å². The Morgan fingerprint density at radius 3 is 2.38 bits per heavy atom. The SMILES string of the molecule is CC1(C)C(C=C(Cl)Cl)C1(Cc1cc(OC(F)(F)F)cc(Cl)c1F)C(=O)O. The fourth-order valence-electron chi connectivity index (χ4n) is 3.43. The third-order valence-corrected chi connectivity index (χ3v) is 5.36. The Labute approximate surface area is 161 Å². The fourth-order valence-corrected chi connectivity index (χ4v) is 3.91. The molecule has 1 saturated carbocycles. The number of ether oxygens (including phenoxy) is 1. The minimum absolute atomic E-state index is 0.154. The summed E-state index contributed by atoms with van der Waals surface area (Å²) >= 11 is 16.9. The average Bonchev–Trinajstić information content (AvgIpc) is 2.89. The summed E-state index contributed by atoms with van der Waals surface area (Å²) in [5, 5.41) is 9.11. The third kappa shape index (κ3) is 3.75. The molecule has 10 heteroatoms. The third-order valence-electron chi connectivity index (χ3n) is 4.83. The molecule has 1 aliphatic rings. The standard InChI is InChI=1S/C16H13Cl3F4O3/c1-14(2)10(5-11(18)19)15(14,13(24)25)6-7-3-8(26-16(21,22)23)4-9(17)12(7)20/h3-5,10H,6H2,1-2H3,(H,24,25). The van der Waals surface area contributed by atoms with Crippen LogP contribution in [0, 0.1) is 22.6 Å². The van der Waals surface area contributed by atoms with Crippen molar-refractivity contribution in [3.8, 4) is 5.75 Å². The molecule has 1 N–H and O–H groups in total. The normalized spacial score (nSPS) is 24.1. The minimum Gasteiger partial charge on any atom is -0.481 e. The largest absolute Gasteiger partial charge is 0.573 e. The lowest BCUT2D eigenvalue weighted by molar-refractivity contribution is -0.274. The highest BCUT2D eigenvalue weighted by Gasteiger charge is 2.74. The van der Waals surface area contributed by atoms with Crippen LogP contribution in [0.4, 0.5) is 17.6 Å². The lowest BCUT2D eigenvalue weighted by Gasteiger charge is -2.18. The number of allylic oxidation sites excluding steroid dienone is 1. The van der Waals surface area contributed by atoms with Crippen molar-refractivity contribution >= 4 is 40.8 Å². The van der Waals surface area contributed by atoms with E-state index in [1.54, 1.807) is 13.8 Å². The lowest BCUT2D eigenvalue weighted by Crippen LogP contribution is -2.25. The highest BCUT2D eigenvalue weighted by atomic mass is 35.5. The Morgan fingerprint density at radius 1 is 1.35 bits per heavy atom. The van der Waals surface area contributed by atoms with Crippen LogP contribution in [0.1, 0.15) is 19.4 Å². The van der Waals surface area contributed by atoms with E-state index in [9.17, 15) is 27.5 Å². The first-order valence-electron chi connectivity index (χ1n) is 7.22. The molecular formula is C16H13Cl3F4O3. The summed E-state index contributed by atoms with van der Waals surface area (Å²) in [6, 6.07) is 1.46. The predicted molar refractivity (Wildman–Crippen MR) is 88.9 cm³/mol. The first kappa shape index (κ1) is 21.1. The number of alkyl halides is 3. The van der Waals surface area contributed by atoms with Crippen LogP contribution in [0.3, 0.4) is 0 Å². The van der Waals surface area contributed by atoms with Crippen LogP contribution in [0.5, 0.6) is 5.75 Å². The molecular weight excluding hydrogens is 423 g/mol. The monoisotopic (exact) mass is 434 g/mol. The Bertz CT molecular complexity index is 773. The number of carbonyl (C=O) groups is 1. The molecule has 0 radical (unpaired) electrons. The van der Waals surface area contributed by atoms with Crippen molar-refractivity contribution in [1.82, 2.24) is 0 Å². The predicted octanol–water partition coefficient (Wildman–Crippen LogP) is 5.97. The van der Waals surface area contributed by atoms with Gasteiger partial charge in [0.15, 0.2) is 0 Å². The molecule has 1 aliphatic carbocycles. The van der Waals surface area contributed by atoms with E-state index in [-0.39, 0.29) is 10.1 Å². The highest BCUT2D eigenvalue weighted by molar-refractivity contribution is 6.55. The van der Waals surface area contributed by atoms with Crippen molar-refractivity contribution in [2.45, 2.75) is 26.6 Å². The summed E-state index contributed by atoms with van der Waals surface area (Å²) in [4.78, 5) is 11.9. The lowest BCUT2D eigenvalue weighted by atomic mass is 9.88. The van der Waals surface area contributed by atoms with E-state index < -0.39 is 52.1 Å². The van der Waals surface area contributed by atoms with Gasteiger partial charge < -0.3 is 9.84 Å².